The first-order chi connectivity index (χ1) is 25.6. The van der Waals surface area contributed by atoms with Gasteiger partial charge in [0.2, 0.25) is 11.8 Å². The molecule has 0 spiro atoms. The monoisotopic (exact) mass is 847 g/mol. The molecule has 1 N–H and O–H groups in total. The molecule has 274 valence electrons. The third-order valence-corrected chi connectivity index (χ3v) is 10.7. The van der Waals surface area contributed by atoms with Gasteiger partial charge in [0, 0.05) is 51.8 Å². The Kier molecular flexibility index (Phi) is 12.1. The number of aryl methyl sites for hydroxylation is 1. The molecular formula is C41H40ClFIN5O4. The summed E-state index contributed by atoms with van der Waals surface area (Å²) in [6, 6.07) is 23.2. The minimum absolute atomic E-state index is 0.000755. The number of hydrogen-bond donors (Lipinski definition) is 1. The van der Waals surface area contributed by atoms with Crippen LogP contribution in [0.4, 0.5) is 10.2 Å². The second-order valence-electron chi connectivity index (χ2n) is 12.9. The van der Waals surface area contributed by atoms with Gasteiger partial charge in [-0.1, -0.05) is 74.0 Å². The molecule has 0 saturated carbocycles. The molecule has 1 fully saturated rings. The van der Waals surface area contributed by atoms with Gasteiger partial charge in [0.1, 0.15) is 17.4 Å². The van der Waals surface area contributed by atoms with Gasteiger partial charge in [0.05, 0.1) is 29.8 Å². The van der Waals surface area contributed by atoms with E-state index in [1.165, 1.54) is 18.2 Å². The Hall–Kier alpha value is -4.75. The van der Waals surface area contributed by atoms with Gasteiger partial charge in [-0.2, -0.15) is 4.98 Å². The summed E-state index contributed by atoms with van der Waals surface area (Å²) >= 11 is 9.27. The molecule has 1 atom stereocenters. The van der Waals surface area contributed by atoms with Gasteiger partial charge in [-0.05, 0) is 89.5 Å². The molecule has 0 radical (unpaired) electrons. The molecule has 53 heavy (non-hydrogen) atoms. The lowest BCUT2D eigenvalue weighted by atomic mass is 10.0. The van der Waals surface area contributed by atoms with E-state index < -0.39 is 11.5 Å². The lowest BCUT2D eigenvalue weighted by Gasteiger charge is -2.40. The molecular weight excluding hydrogens is 808 g/mol. The number of benzene rings is 4. The van der Waals surface area contributed by atoms with Crippen molar-refractivity contribution in [1.29, 1.82) is 0 Å². The third-order valence-electron chi connectivity index (χ3n) is 9.36. The van der Waals surface area contributed by atoms with Crippen molar-refractivity contribution in [3.8, 4) is 22.6 Å². The van der Waals surface area contributed by atoms with E-state index in [0.29, 0.717) is 54.2 Å². The van der Waals surface area contributed by atoms with Gasteiger partial charge in [0.15, 0.2) is 0 Å². The number of rotatable bonds is 12. The number of nitrogens with one attached hydrogen (secondary N) is 1. The number of amides is 2. The van der Waals surface area contributed by atoms with Gasteiger partial charge in [-0.3, -0.25) is 14.2 Å². The summed E-state index contributed by atoms with van der Waals surface area (Å²) in [7, 11) is 0. The summed E-state index contributed by atoms with van der Waals surface area (Å²) in [5.41, 5.74) is 3.07. The number of halogens is 3. The van der Waals surface area contributed by atoms with E-state index in [0.717, 1.165) is 27.5 Å². The zero-order valence-corrected chi connectivity index (χ0v) is 32.5. The number of carbonyl (C=O) groups excluding carboxylic acids is 2. The van der Waals surface area contributed by atoms with Crippen LogP contribution < -0.4 is 20.6 Å². The molecule has 1 aromatic heterocycles. The molecule has 5 aromatic rings. The smallest absolute Gasteiger partial charge is 0.354 e. The van der Waals surface area contributed by atoms with E-state index in [4.69, 9.17) is 16.3 Å². The van der Waals surface area contributed by atoms with Crippen LogP contribution in [0.1, 0.15) is 37.8 Å². The highest BCUT2D eigenvalue weighted by Gasteiger charge is 2.30. The number of piperazine rings is 1. The SMILES string of the molecule is C=CC(=O)N1CCN(c2nc(=O)n(-c3ccccc3CCC)c3cc(-c4c(F)cccc4OCCC(=O)NCc4ccccc4I)c(Cl)cc23)[C@@H](C)C1. The molecule has 6 rings (SSSR count). The molecule has 1 aliphatic heterocycles. The molecule has 9 nitrogen and oxygen atoms in total. The lowest BCUT2D eigenvalue weighted by Crippen LogP contribution is -2.54. The molecule has 0 unspecified atom stereocenters. The molecule has 0 aliphatic carbocycles. The van der Waals surface area contributed by atoms with Crippen LogP contribution in [0.5, 0.6) is 5.75 Å². The van der Waals surface area contributed by atoms with E-state index in [2.05, 4.69) is 46.4 Å². The highest BCUT2D eigenvalue weighted by atomic mass is 127. The lowest BCUT2D eigenvalue weighted by molar-refractivity contribution is -0.126. The molecule has 4 aromatic carbocycles. The Labute approximate surface area is 326 Å². The minimum atomic E-state index is -0.571. The Morgan fingerprint density at radius 3 is 2.57 bits per heavy atom. The molecule has 1 saturated heterocycles. The highest BCUT2D eigenvalue weighted by molar-refractivity contribution is 14.1. The molecule has 0 bridgehead atoms. The number of nitrogens with zero attached hydrogens (tertiary/aromatic N) is 4. The first-order valence-corrected chi connectivity index (χ1v) is 19.0. The number of fused-ring (bicyclic) bond motifs is 1. The van der Waals surface area contributed by atoms with Gasteiger partial charge in [-0.15, -0.1) is 0 Å². The van der Waals surface area contributed by atoms with Crippen LogP contribution in [0.15, 0.2) is 96.3 Å². The quantitative estimate of drug-likeness (QED) is 0.102. The largest absolute Gasteiger partial charge is 0.492 e. The van der Waals surface area contributed by atoms with E-state index in [-0.39, 0.29) is 47.2 Å². The second kappa shape index (κ2) is 16.9. The number of para-hydroxylation sites is 1. The standard InChI is InChI=1S/C41H40ClFIN5O4/c1-4-11-27-12-7-9-16-34(27)49-35-23-29(31(42)22-30(35)40(46-41(49)52)48-20-19-47(25-26(48)3)38(51)5-2)39-32(43)14-10-17-36(39)53-21-18-37(50)45-24-28-13-6-8-15-33(28)44/h5-10,12-17,22-23,26H,2,4,11,18-21,24-25H2,1,3H3,(H,45,50)/t26-/m0/s1. The number of aromatic nitrogens is 2. The Bertz CT molecular complexity index is 2240. The summed E-state index contributed by atoms with van der Waals surface area (Å²) < 4.78 is 24.6. The topological polar surface area (TPSA) is 96.8 Å². The van der Waals surface area contributed by atoms with E-state index in [1.807, 2.05) is 60.4 Å². The van der Waals surface area contributed by atoms with Gasteiger partial charge < -0.3 is 19.9 Å². The fourth-order valence-electron chi connectivity index (χ4n) is 6.75. The Morgan fingerprint density at radius 1 is 1.08 bits per heavy atom. The Morgan fingerprint density at radius 2 is 1.83 bits per heavy atom. The van der Waals surface area contributed by atoms with Crippen molar-refractivity contribution in [2.75, 3.05) is 31.1 Å². The number of carbonyl (C=O) groups is 2. The summed E-state index contributed by atoms with van der Waals surface area (Å²) in [6.45, 7) is 9.32. The van der Waals surface area contributed by atoms with Crippen molar-refractivity contribution in [3.63, 3.8) is 0 Å². The van der Waals surface area contributed by atoms with Gasteiger partial charge >= 0.3 is 5.69 Å². The molecule has 2 amide bonds. The molecule has 2 heterocycles. The zero-order chi connectivity index (χ0) is 37.6. The predicted octanol–water partition coefficient (Wildman–Crippen LogP) is 7.71. The normalized spacial score (nSPS) is 14.3. The van der Waals surface area contributed by atoms with Gasteiger partial charge in [0.25, 0.3) is 0 Å². The number of ether oxygens (including phenoxy) is 1. The summed E-state index contributed by atoms with van der Waals surface area (Å²) in [5.74, 6) is -0.288. The summed E-state index contributed by atoms with van der Waals surface area (Å²) in [5, 5.41) is 3.74. The first-order valence-electron chi connectivity index (χ1n) is 17.6. The second-order valence-corrected chi connectivity index (χ2v) is 14.5. The highest BCUT2D eigenvalue weighted by Crippen LogP contribution is 2.41. The third kappa shape index (κ3) is 8.26. The average Bonchev–Trinajstić information content (AvgIpc) is 3.15. The minimum Gasteiger partial charge on any atom is -0.492 e. The van der Waals surface area contributed by atoms with Crippen LogP contribution in [0.3, 0.4) is 0 Å². The zero-order valence-electron chi connectivity index (χ0n) is 29.6. The van der Waals surface area contributed by atoms with Gasteiger partial charge in [-0.25, -0.2) is 9.18 Å². The maximum atomic E-state index is 15.9. The summed E-state index contributed by atoms with van der Waals surface area (Å²) in [6.07, 6.45) is 2.94. The van der Waals surface area contributed by atoms with Crippen molar-refractivity contribution in [2.24, 2.45) is 0 Å². The van der Waals surface area contributed by atoms with E-state index in [9.17, 15) is 14.4 Å². The van der Waals surface area contributed by atoms with E-state index in [1.54, 1.807) is 27.7 Å². The fraction of sp³-hybridized carbons (Fsp3) is 0.268. The van der Waals surface area contributed by atoms with Crippen LogP contribution in [-0.4, -0.2) is 58.5 Å². The van der Waals surface area contributed by atoms with Crippen LogP contribution in [0.25, 0.3) is 27.7 Å². The first kappa shape index (κ1) is 38.0. The average molecular weight is 848 g/mol. The van der Waals surface area contributed by atoms with Crippen LogP contribution in [0, 0.1) is 9.39 Å². The fourth-order valence-corrected chi connectivity index (χ4v) is 7.58. The maximum absolute atomic E-state index is 15.9. The molecule has 1 aliphatic rings. The number of anilines is 1. The van der Waals surface area contributed by atoms with Crippen LogP contribution >= 0.6 is 34.2 Å². The van der Waals surface area contributed by atoms with Crippen molar-refractivity contribution < 1.29 is 18.7 Å². The van der Waals surface area contributed by atoms with Crippen molar-refractivity contribution >= 4 is 62.7 Å². The van der Waals surface area contributed by atoms with Crippen molar-refractivity contribution in [2.45, 2.75) is 45.7 Å². The summed E-state index contributed by atoms with van der Waals surface area (Å²) in [4.78, 5) is 47.7. The van der Waals surface area contributed by atoms with Crippen LogP contribution in [-0.2, 0) is 22.6 Å². The predicted molar refractivity (Wildman–Crippen MR) is 216 cm³/mol. The van der Waals surface area contributed by atoms with E-state index >= 15 is 4.39 Å². The van der Waals surface area contributed by atoms with Crippen molar-refractivity contribution in [1.82, 2.24) is 19.8 Å². The van der Waals surface area contributed by atoms with Crippen LogP contribution in [0.2, 0.25) is 5.02 Å². The Balaban J connectivity index is 1.40. The number of hydrogen-bond acceptors (Lipinski definition) is 6. The van der Waals surface area contributed by atoms with Crippen molar-refractivity contribution in [3.05, 3.63) is 128 Å². The maximum Gasteiger partial charge on any atom is 0.354 e. The molecule has 12 heteroatoms.